The maximum absolute atomic E-state index is 11.8. The van der Waals surface area contributed by atoms with Gasteiger partial charge in [0.2, 0.25) is 0 Å². The van der Waals surface area contributed by atoms with Crippen molar-refractivity contribution in [2.45, 2.75) is 19.3 Å². The summed E-state index contributed by atoms with van der Waals surface area (Å²) in [7, 11) is 0. The maximum Gasteiger partial charge on any atom is 0.319 e. The predicted molar refractivity (Wildman–Crippen MR) is 96.0 cm³/mol. The van der Waals surface area contributed by atoms with Gasteiger partial charge in [-0.3, -0.25) is 4.79 Å². The van der Waals surface area contributed by atoms with Gasteiger partial charge in [0, 0.05) is 31.1 Å². The maximum atomic E-state index is 11.8. The lowest BCUT2D eigenvalue weighted by molar-refractivity contribution is -0.137. The Bertz CT molecular complexity index is 689. The molecule has 25 heavy (non-hydrogen) atoms. The van der Waals surface area contributed by atoms with Crippen LogP contribution in [0, 0.1) is 0 Å². The fraction of sp³-hybridized carbons (Fsp3) is 0.263. The molecular weight excluding hydrogens is 320 g/mol. The van der Waals surface area contributed by atoms with Gasteiger partial charge in [-0.05, 0) is 24.1 Å². The van der Waals surface area contributed by atoms with Crippen molar-refractivity contribution in [2.24, 2.45) is 0 Å². The summed E-state index contributed by atoms with van der Waals surface area (Å²) in [6, 6.07) is 16.9. The summed E-state index contributed by atoms with van der Waals surface area (Å²) in [6.45, 7) is 0.861. The molecule has 0 heterocycles. The molecule has 132 valence electrons. The molecule has 0 saturated carbocycles. The van der Waals surface area contributed by atoms with Crippen LogP contribution >= 0.6 is 0 Å². The van der Waals surface area contributed by atoms with Crippen molar-refractivity contribution in [3.63, 3.8) is 0 Å². The van der Waals surface area contributed by atoms with E-state index in [-0.39, 0.29) is 12.5 Å². The Hall–Kier alpha value is -3.02. The SMILES string of the molecule is O=C(O)CCCNC(=O)Nc1cccc(OCCc2ccccc2)c1. The van der Waals surface area contributed by atoms with E-state index in [1.807, 2.05) is 24.3 Å². The molecule has 2 aromatic rings. The number of benzene rings is 2. The van der Waals surface area contributed by atoms with Gasteiger partial charge in [-0.25, -0.2) is 4.79 Å². The van der Waals surface area contributed by atoms with Gasteiger partial charge in [0.25, 0.3) is 0 Å². The molecule has 3 N–H and O–H groups in total. The molecule has 0 saturated heterocycles. The highest BCUT2D eigenvalue weighted by Crippen LogP contribution is 2.17. The molecule has 0 aromatic heterocycles. The number of carboxylic acids is 1. The predicted octanol–water partition coefficient (Wildman–Crippen LogP) is 3.29. The van der Waals surface area contributed by atoms with Crippen LogP contribution in [0.4, 0.5) is 10.5 Å². The minimum Gasteiger partial charge on any atom is -0.493 e. The second kappa shape index (κ2) is 9.97. The normalized spacial score (nSPS) is 10.1. The molecule has 0 aliphatic carbocycles. The first-order valence-corrected chi connectivity index (χ1v) is 8.17. The van der Waals surface area contributed by atoms with Crippen LogP contribution in [0.2, 0.25) is 0 Å². The molecule has 2 aromatic carbocycles. The number of carbonyl (C=O) groups excluding carboxylic acids is 1. The van der Waals surface area contributed by atoms with Gasteiger partial charge in [0.15, 0.2) is 0 Å². The lowest BCUT2D eigenvalue weighted by Crippen LogP contribution is -2.29. The molecule has 0 atom stereocenters. The molecular formula is C19H22N2O4. The van der Waals surface area contributed by atoms with Gasteiger partial charge < -0.3 is 20.5 Å². The Morgan fingerprint density at radius 2 is 1.84 bits per heavy atom. The molecule has 0 aliphatic rings. The van der Waals surface area contributed by atoms with Crippen LogP contribution in [0.1, 0.15) is 18.4 Å². The summed E-state index contributed by atoms with van der Waals surface area (Å²) < 4.78 is 5.72. The smallest absolute Gasteiger partial charge is 0.319 e. The molecule has 2 rings (SSSR count). The van der Waals surface area contributed by atoms with E-state index in [1.54, 1.807) is 18.2 Å². The van der Waals surface area contributed by atoms with Crippen molar-refractivity contribution < 1.29 is 19.4 Å². The zero-order valence-electron chi connectivity index (χ0n) is 13.9. The van der Waals surface area contributed by atoms with Crippen molar-refractivity contribution in [2.75, 3.05) is 18.5 Å². The van der Waals surface area contributed by atoms with Crippen LogP contribution in [0.25, 0.3) is 0 Å². The Kier molecular flexibility index (Phi) is 7.31. The van der Waals surface area contributed by atoms with Crippen molar-refractivity contribution in [3.05, 3.63) is 60.2 Å². The van der Waals surface area contributed by atoms with E-state index in [4.69, 9.17) is 9.84 Å². The quantitative estimate of drug-likeness (QED) is 0.610. The summed E-state index contributed by atoms with van der Waals surface area (Å²) in [4.78, 5) is 22.2. The van der Waals surface area contributed by atoms with E-state index in [2.05, 4.69) is 22.8 Å². The molecule has 0 fully saturated rings. The number of rotatable bonds is 9. The Labute approximate surface area is 146 Å². The fourth-order valence-corrected chi connectivity index (χ4v) is 2.21. The van der Waals surface area contributed by atoms with E-state index in [0.717, 1.165) is 6.42 Å². The summed E-state index contributed by atoms with van der Waals surface area (Å²) in [6.07, 6.45) is 1.24. The molecule has 0 unspecified atom stereocenters. The zero-order valence-corrected chi connectivity index (χ0v) is 13.9. The van der Waals surface area contributed by atoms with Crippen molar-refractivity contribution in [1.82, 2.24) is 5.32 Å². The lowest BCUT2D eigenvalue weighted by Gasteiger charge is -2.10. The second-order valence-electron chi connectivity index (χ2n) is 5.49. The number of ether oxygens (including phenoxy) is 1. The molecule has 0 aliphatic heterocycles. The third kappa shape index (κ3) is 7.39. The zero-order chi connectivity index (χ0) is 17.9. The first-order chi connectivity index (χ1) is 12.1. The number of carboxylic acid groups (broad SMARTS) is 1. The highest BCUT2D eigenvalue weighted by Gasteiger charge is 2.04. The minimum atomic E-state index is -0.873. The van der Waals surface area contributed by atoms with Crippen LogP contribution in [0.15, 0.2) is 54.6 Å². The largest absolute Gasteiger partial charge is 0.493 e. The van der Waals surface area contributed by atoms with Crippen molar-refractivity contribution in [3.8, 4) is 5.75 Å². The van der Waals surface area contributed by atoms with Gasteiger partial charge in [-0.15, -0.1) is 0 Å². The van der Waals surface area contributed by atoms with Gasteiger partial charge in [0.1, 0.15) is 5.75 Å². The van der Waals surface area contributed by atoms with E-state index in [9.17, 15) is 9.59 Å². The van der Waals surface area contributed by atoms with Crippen LogP contribution in [0.5, 0.6) is 5.75 Å². The number of anilines is 1. The van der Waals surface area contributed by atoms with Gasteiger partial charge in [-0.2, -0.15) is 0 Å². The number of amides is 2. The number of carbonyl (C=O) groups is 2. The molecule has 6 nitrogen and oxygen atoms in total. The Morgan fingerprint density at radius 3 is 2.60 bits per heavy atom. The first-order valence-electron chi connectivity index (χ1n) is 8.17. The third-order valence-electron chi connectivity index (χ3n) is 3.45. The van der Waals surface area contributed by atoms with Crippen LogP contribution < -0.4 is 15.4 Å². The molecule has 6 heteroatoms. The van der Waals surface area contributed by atoms with E-state index in [1.165, 1.54) is 5.56 Å². The average Bonchev–Trinajstić information content (AvgIpc) is 2.60. The Balaban J connectivity index is 1.74. The lowest BCUT2D eigenvalue weighted by atomic mass is 10.2. The number of nitrogens with one attached hydrogen (secondary N) is 2. The molecule has 0 spiro atoms. The fourth-order valence-electron chi connectivity index (χ4n) is 2.21. The molecule has 0 bridgehead atoms. The highest BCUT2D eigenvalue weighted by atomic mass is 16.5. The summed E-state index contributed by atoms with van der Waals surface area (Å²) in [5.41, 5.74) is 1.82. The van der Waals surface area contributed by atoms with Crippen molar-refractivity contribution >= 4 is 17.7 Å². The monoisotopic (exact) mass is 342 g/mol. The average molecular weight is 342 g/mol. The number of hydrogen-bond donors (Lipinski definition) is 3. The van der Waals surface area contributed by atoms with Crippen LogP contribution in [0.3, 0.4) is 0 Å². The summed E-state index contributed by atoms with van der Waals surface area (Å²) in [5.74, 6) is -0.192. The van der Waals surface area contributed by atoms with Crippen LogP contribution in [-0.4, -0.2) is 30.3 Å². The van der Waals surface area contributed by atoms with Gasteiger partial charge in [0.05, 0.1) is 6.61 Å². The highest BCUT2D eigenvalue weighted by molar-refractivity contribution is 5.89. The van der Waals surface area contributed by atoms with Gasteiger partial charge >= 0.3 is 12.0 Å². The van der Waals surface area contributed by atoms with Gasteiger partial charge in [-0.1, -0.05) is 36.4 Å². The molecule has 0 radical (unpaired) electrons. The third-order valence-corrected chi connectivity index (χ3v) is 3.45. The molecule has 2 amide bonds. The van der Waals surface area contributed by atoms with E-state index < -0.39 is 5.97 Å². The number of urea groups is 1. The Morgan fingerprint density at radius 1 is 1.04 bits per heavy atom. The topological polar surface area (TPSA) is 87.7 Å². The number of aliphatic carboxylic acids is 1. The van der Waals surface area contributed by atoms with E-state index >= 15 is 0 Å². The minimum absolute atomic E-state index is 0.0328. The number of hydrogen-bond acceptors (Lipinski definition) is 3. The van der Waals surface area contributed by atoms with E-state index in [0.29, 0.717) is 31.0 Å². The van der Waals surface area contributed by atoms with Crippen LogP contribution in [-0.2, 0) is 11.2 Å². The summed E-state index contributed by atoms with van der Waals surface area (Å²) in [5, 5.41) is 13.9. The second-order valence-corrected chi connectivity index (χ2v) is 5.49. The van der Waals surface area contributed by atoms with Crippen molar-refractivity contribution in [1.29, 1.82) is 0 Å². The summed E-state index contributed by atoms with van der Waals surface area (Å²) >= 11 is 0. The standard InChI is InChI=1S/C19H22N2O4/c22-18(23)10-5-12-20-19(24)21-16-8-4-9-17(14-16)25-13-11-15-6-2-1-3-7-15/h1-4,6-9,14H,5,10-13H2,(H,22,23)(H2,20,21,24). The first kappa shape index (κ1) is 18.3.